The molecule has 0 aliphatic rings. The molecule has 2 aromatic rings. The van der Waals surface area contributed by atoms with Crippen molar-refractivity contribution in [3.05, 3.63) is 58.1 Å². The minimum absolute atomic E-state index is 0. The summed E-state index contributed by atoms with van der Waals surface area (Å²) in [5, 5.41) is 3.93. The topological polar surface area (TPSA) is 30.5 Å². The van der Waals surface area contributed by atoms with Crippen molar-refractivity contribution in [3.63, 3.8) is 0 Å². The fourth-order valence-electron chi connectivity index (χ4n) is 2.18. The zero-order chi connectivity index (χ0) is 16.8. The highest BCUT2D eigenvalue weighted by Gasteiger charge is 2.12. The summed E-state index contributed by atoms with van der Waals surface area (Å²) in [6, 6.07) is 12.5. The first-order chi connectivity index (χ1) is 11.0. The lowest BCUT2D eigenvalue weighted by molar-refractivity contribution is 0.284. The molecule has 0 aromatic heterocycles. The fourth-order valence-corrected chi connectivity index (χ4v) is 2.46. The maximum atomic E-state index is 6.39. The Morgan fingerprint density at radius 3 is 2.33 bits per heavy atom. The van der Waals surface area contributed by atoms with Crippen molar-refractivity contribution in [1.29, 1.82) is 0 Å². The van der Waals surface area contributed by atoms with Crippen molar-refractivity contribution in [2.75, 3.05) is 7.11 Å². The van der Waals surface area contributed by atoms with Crippen molar-refractivity contribution in [3.8, 4) is 11.5 Å². The number of aryl methyl sites for hydroxylation is 1. The Kier molecular flexibility index (Phi) is 8.40. The average molecular weight is 370 g/mol. The summed E-state index contributed by atoms with van der Waals surface area (Å²) in [5.74, 6) is 1.24. The van der Waals surface area contributed by atoms with E-state index < -0.39 is 0 Å². The SMILES string of the molecule is COc1cc(CNC(C)C)cc(Cl)c1OCc1ccc(C)cc1.Cl. The first-order valence-electron chi connectivity index (χ1n) is 7.77. The van der Waals surface area contributed by atoms with Gasteiger partial charge in [0.05, 0.1) is 12.1 Å². The van der Waals surface area contributed by atoms with E-state index in [2.05, 4.69) is 50.4 Å². The van der Waals surface area contributed by atoms with Gasteiger partial charge in [-0.25, -0.2) is 0 Å². The summed E-state index contributed by atoms with van der Waals surface area (Å²) >= 11 is 6.39. The van der Waals surface area contributed by atoms with Crippen molar-refractivity contribution in [1.82, 2.24) is 5.32 Å². The number of hydrogen-bond donors (Lipinski definition) is 1. The summed E-state index contributed by atoms with van der Waals surface area (Å²) in [4.78, 5) is 0. The van der Waals surface area contributed by atoms with Crippen LogP contribution in [0.4, 0.5) is 0 Å². The molecular weight excluding hydrogens is 345 g/mol. The maximum Gasteiger partial charge on any atom is 0.180 e. The van der Waals surface area contributed by atoms with E-state index in [1.54, 1.807) is 7.11 Å². The first-order valence-corrected chi connectivity index (χ1v) is 8.15. The van der Waals surface area contributed by atoms with E-state index in [-0.39, 0.29) is 12.4 Å². The molecule has 0 amide bonds. The summed E-state index contributed by atoms with van der Waals surface area (Å²) in [6.45, 7) is 7.48. The van der Waals surface area contributed by atoms with Crippen LogP contribution in [0.2, 0.25) is 5.02 Å². The third-order valence-corrected chi connectivity index (χ3v) is 3.79. The molecule has 0 heterocycles. The van der Waals surface area contributed by atoms with Crippen molar-refractivity contribution in [2.45, 2.75) is 40.0 Å². The molecule has 0 radical (unpaired) electrons. The van der Waals surface area contributed by atoms with Gasteiger partial charge in [-0.3, -0.25) is 0 Å². The number of ether oxygens (including phenoxy) is 2. The van der Waals surface area contributed by atoms with Gasteiger partial charge in [0, 0.05) is 12.6 Å². The van der Waals surface area contributed by atoms with Gasteiger partial charge < -0.3 is 14.8 Å². The van der Waals surface area contributed by atoms with Crippen LogP contribution in [0.25, 0.3) is 0 Å². The Labute approximate surface area is 155 Å². The Bertz CT molecular complexity index is 643. The van der Waals surface area contributed by atoms with Gasteiger partial charge in [0.2, 0.25) is 0 Å². The van der Waals surface area contributed by atoms with Crippen LogP contribution in [0.15, 0.2) is 36.4 Å². The number of benzene rings is 2. The molecule has 24 heavy (non-hydrogen) atoms. The van der Waals surface area contributed by atoms with E-state index in [9.17, 15) is 0 Å². The minimum atomic E-state index is 0. The van der Waals surface area contributed by atoms with Gasteiger partial charge >= 0.3 is 0 Å². The summed E-state index contributed by atoms with van der Waals surface area (Å²) in [5.41, 5.74) is 3.40. The highest BCUT2D eigenvalue weighted by Crippen LogP contribution is 2.37. The lowest BCUT2D eigenvalue weighted by Crippen LogP contribution is -2.21. The Hall–Kier alpha value is -1.42. The van der Waals surface area contributed by atoms with Crippen LogP contribution in [-0.2, 0) is 13.2 Å². The second-order valence-electron chi connectivity index (χ2n) is 5.92. The molecule has 2 aromatic carbocycles. The van der Waals surface area contributed by atoms with Crippen LogP contribution in [0.3, 0.4) is 0 Å². The summed E-state index contributed by atoms with van der Waals surface area (Å²) < 4.78 is 11.3. The number of hydrogen-bond acceptors (Lipinski definition) is 3. The second-order valence-corrected chi connectivity index (χ2v) is 6.33. The number of rotatable bonds is 7. The van der Waals surface area contributed by atoms with Crippen LogP contribution >= 0.6 is 24.0 Å². The summed E-state index contributed by atoms with van der Waals surface area (Å²) in [7, 11) is 1.63. The summed E-state index contributed by atoms with van der Waals surface area (Å²) in [6.07, 6.45) is 0. The molecule has 0 saturated heterocycles. The predicted octanol–water partition coefficient (Wildman–Crippen LogP) is 5.16. The Balaban J connectivity index is 0.00000288. The van der Waals surface area contributed by atoms with Crippen molar-refractivity contribution in [2.24, 2.45) is 0 Å². The van der Waals surface area contributed by atoms with Gasteiger partial charge in [-0.15, -0.1) is 12.4 Å². The van der Waals surface area contributed by atoms with Crippen molar-refractivity contribution >= 4 is 24.0 Å². The monoisotopic (exact) mass is 369 g/mol. The third-order valence-electron chi connectivity index (χ3n) is 3.51. The van der Waals surface area contributed by atoms with Crippen LogP contribution in [0.1, 0.15) is 30.5 Å². The van der Waals surface area contributed by atoms with E-state index in [4.69, 9.17) is 21.1 Å². The van der Waals surface area contributed by atoms with E-state index in [1.165, 1.54) is 5.56 Å². The first kappa shape index (κ1) is 20.6. The molecule has 0 unspecified atom stereocenters. The smallest absolute Gasteiger partial charge is 0.180 e. The lowest BCUT2D eigenvalue weighted by atomic mass is 10.1. The van der Waals surface area contributed by atoms with E-state index >= 15 is 0 Å². The number of methoxy groups -OCH3 is 1. The predicted molar refractivity (Wildman–Crippen MR) is 103 cm³/mol. The molecule has 0 aliphatic heterocycles. The van der Waals surface area contributed by atoms with Crippen molar-refractivity contribution < 1.29 is 9.47 Å². The molecule has 0 spiro atoms. The average Bonchev–Trinajstić information content (AvgIpc) is 2.53. The standard InChI is InChI=1S/C19H24ClNO2.ClH/c1-13(2)21-11-16-9-17(20)19(18(10-16)22-4)23-12-15-7-5-14(3)6-8-15;/h5-10,13,21H,11-12H2,1-4H3;1H. The van der Waals surface area contributed by atoms with Gasteiger partial charge in [-0.05, 0) is 30.2 Å². The van der Waals surface area contributed by atoms with Crippen LogP contribution < -0.4 is 14.8 Å². The molecular formula is C19H25Cl2NO2. The van der Waals surface area contributed by atoms with Gasteiger partial charge in [-0.1, -0.05) is 55.3 Å². The van der Waals surface area contributed by atoms with Gasteiger partial charge in [-0.2, -0.15) is 0 Å². The molecule has 2 rings (SSSR count). The molecule has 0 atom stereocenters. The molecule has 0 fully saturated rings. The molecule has 0 bridgehead atoms. The lowest BCUT2D eigenvalue weighted by Gasteiger charge is -2.15. The zero-order valence-electron chi connectivity index (χ0n) is 14.6. The van der Waals surface area contributed by atoms with E-state index in [0.29, 0.717) is 29.2 Å². The molecule has 1 N–H and O–H groups in total. The van der Waals surface area contributed by atoms with Crippen LogP contribution in [-0.4, -0.2) is 13.2 Å². The maximum absolute atomic E-state index is 6.39. The molecule has 0 aliphatic carbocycles. The molecule has 5 heteroatoms. The highest BCUT2D eigenvalue weighted by molar-refractivity contribution is 6.32. The van der Waals surface area contributed by atoms with Gasteiger partial charge in [0.15, 0.2) is 11.5 Å². The quantitative estimate of drug-likeness (QED) is 0.731. The normalized spacial score (nSPS) is 10.4. The molecule has 0 saturated carbocycles. The number of halogens is 2. The highest BCUT2D eigenvalue weighted by atomic mass is 35.5. The Morgan fingerprint density at radius 1 is 1.08 bits per heavy atom. The van der Waals surface area contributed by atoms with E-state index in [0.717, 1.165) is 17.7 Å². The molecule has 132 valence electrons. The number of nitrogens with one attached hydrogen (secondary N) is 1. The Morgan fingerprint density at radius 2 is 1.75 bits per heavy atom. The van der Waals surface area contributed by atoms with Gasteiger partial charge in [0.1, 0.15) is 6.61 Å². The third kappa shape index (κ3) is 5.90. The van der Waals surface area contributed by atoms with Gasteiger partial charge in [0.25, 0.3) is 0 Å². The second kappa shape index (κ2) is 9.77. The molecule has 3 nitrogen and oxygen atoms in total. The van der Waals surface area contributed by atoms with E-state index in [1.807, 2.05) is 12.1 Å². The largest absolute Gasteiger partial charge is 0.493 e. The van der Waals surface area contributed by atoms with Crippen LogP contribution in [0, 0.1) is 6.92 Å². The van der Waals surface area contributed by atoms with Crippen LogP contribution in [0.5, 0.6) is 11.5 Å². The minimum Gasteiger partial charge on any atom is -0.493 e. The fraction of sp³-hybridized carbons (Fsp3) is 0.368. The zero-order valence-corrected chi connectivity index (χ0v) is 16.1.